The predicted octanol–water partition coefficient (Wildman–Crippen LogP) is 2.59. The van der Waals surface area contributed by atoms with Gasteiger partial charge in [-0.25, -0.2) is 0 Å². The highest BCUT2D eigenvalue weighted by atomic mass is 32.1. The fourth-order valence-electron chi connectivity index (χ4n) is 3.09. The predicted molar refractivity (Wildman–Crippen MR) is 87.4 cm³/mol. The fourth-order valence-corrected chi connectivity index (χ4v) is 4.08. The SMILES string of the molecule is CN1CCCC(c2nn3c(Cc4ccccc4)nnc3s2)C1. The van der Waals surface area contributed by atoms with Crippen molar-refractivity contribution in [3.05, 3.63) is 46.7 Å². The number of hydrogen-bond donors (Lipinski definition) is 0. The lowest BCUT2D eigenvalue weighted by atomic mass is 9.99. The second kappa shape index (κ2) is 5.78. The van der Waals surface area contributed by atoms with Crippen LogP contribution in [-0.4, -0.2) is 44.8 Å². The molecule has 6 heteroatoms. The number of hydrogen-bond acceptors (Lipinski definition) is 5. The molecule has 2 aromatic heterocycles. The molecule has 1 unspecified atom stereocenters. The number of rotatable bonds is 3. The van der Waals surface area contributed by atoms with Crippen molar-refractivity contribution in [2.24, 2.45) is 0 Å². The van der Waals surface area contributed by atoms with E-state index in [1.807, 2.05) is 10.6 Å². The monoisotopic (exact) mass is 313 g/mol. The normalized spacial score (nSPS) is 19.8. The zero-order valence-corrected chi connectivity index (χ0v) is 13.5. The average Bonchev–Trinajstić information content (AvgIpc) is 3.11. The molecule has 114 valence electrons. The van der Waals surface area contributed by atoms with Gasteiger partial charge in [0, 0.05) is 18.9 Å². The van der Waals surface area contributed by atoms with Crippen LogP contribution in [0.25, 0.3) is 4.96 Å². The number of likely N-dealkylation sites (N-methyl/N-ethyl adjacent to an activating group) is 1. The first-order valence-corrected chi connectivity index (χ1v) is 8.55. The standard InChI is InChI=1S/C16H19N5S/c1-20-9-5-8-13(11-20)15-19-21-14(17-18-16(21)22-15)10-12-6-3-2-4-7-12/h2-4,6-7,13H,5,8-11H2,1H3. The van der Waals surface area contributed by atoms with Gasteiger partial charge in [-0.1, -0.05) is 41.7 Å². The Morgan fingerprint density at radius 1 is 1.23 bits per heavy atom. The first kappa shape index (κ1) is 13.8. The largest absolute Gasteiger partial charge is 0.306 e. The molecule has 1 fully saturated rings. The first-order valence-electron chi connectivity index (χ1n) is 7.73. The number of aromatic nitrogens is 4. The van der Waals surface area contributed by atoms with E-state index in [1.54, 1.807) is 11.3 Å². The van der Waals surface area contributed by atoms with Gasteiger partial charge in [-0.3, -0.25) is 0 Å². The topological polar surface area (TPSA) is 46.3 Å². The molecule has 0 aliphatic carbocycles. The molecule has 5 nitrogen and oxygen atoms in total. The second-order valence-corrected chi connectivity index (χ2v) is 7.00. The van der Waals surface area contributed by atoms with E-state index in [-0.39, 0.29) is 0 Å². The van der Waals surface area contributed by atoms with Crippen LogP contribution in [0.5, 0.6) is 0 Å². The van der Waals surface area contributed by atoms with Crippen LogP contribution in [0.4, 0.5) is 0 Å². The Morgan fingerprint density at radius 2 is 2.09 bits per heavy atom. The lowest BCUT2D eigenvalue weighted by Crippen LogP contribution is -2.30. The zero-order valence-electron chi connectivity index (χ0n) is 12.6. The Hall–Kier alpha value is -1.79. The molecule has 0 radical (unpaired) electrons. The molecule has 0 N–H and O–H groups in total. The Bertz CT molecular complexity index is 763. The second-order valence-electron chi connectivity index (χ2n) is 6.01. The maximum Gasteiger partial charge on any atom is 0.234 e. The van der Waals surface area contributed by atoms with Crippen molar-refractivity contribution in [2.45, 2.75) is 25.2 Å². The van der Waals surface area contributed by atoms with Crippen LogP contribution in [0.2, 0.25) is 0 Å². The summed E-state index contributed by atoms with van der Waals surface area (Å²) in [6.45, 7) is 2.29. The molecule has 0 amide bonds. The van der Waals surface area contributed by atoms with Crippen LogP contribution in [0.3, 0.4) is 0 Å². The lowest BCUT2D eigenvalue weighted by molar-refractivity contribution is 0.250. The van der Waals surface area contributed by atoms with Crippen LogP contribution < -0.4 is 0 Å². The molecule has 0 spiro atoms. The van der Waals surface area contributed by atoms with Gasteiger partial charge in [-0.2, -0.15) is 9.61 Å². The third-order valence-electron chi connectivity index (χ3n) is 4.25. The maximum atomic E-state index is 4.81. The van der Waals surface area contributed by atoms with Crippen LogP contribution in [-0.2, 0) is 6.42 Å². The smallest absolute Gasteiger partial charge is 0.234 e. The molecular weight excluding hydrogens is 294 g/mol. The van der Waals surface area contributed by atoms with Gasteiger partial charge in [0.15, 0.2) is 5.82 Å². The molecule has 22 heavy (non-hydrogen) atoms. The van der Waals surface area contributed by atoms with E-state index in [4.69, 9.17) is 5.10 Å². The summed E-state index contributed by atoms with van der Waals surface area (Å²) in [7, 11) is 2.19. The van der Waals surface area contributed by atoms with E-state index in [1.165, 1.54) is 30.0 Å². The van der Waals surface area contributed by atoms with Crippen molar-refractivity contribution >= 4 is 16.3 Å². The van der Waals surface area contributed by atoms with E-state index >= 15 is 0 Å². The summed E-state index contributed by atoms with van der Waals surface area (Å²) in [5.74, 6) is 1.46. The summed E-state index contributed by atoms with van der Waals surface area (Å²) in [4.78, 5) is 3.30. The number of nitrogens with zero attached hydrogens (tertiary/aromatic N) is 5. The quantitative estimate of drug-likeness (QED) is 0.745. The maximum absolute atomic E-state index is 4.81. The van der Waals surface area contributed by atoms with E-state index in [0.29, 0.717) is 5.92 Å². The summed E-state index contributed by atoms with van der Waals surface area (Å²) in [5.41, 5.74) is 1.24. The van der Waals surface area contributed by atoms with Crippen LogP contribution in [0, 0.1) is 0 Å². The molecule has 0 bridgehead atoms. The van der Waals surface area contributed by atoms with Crippen LogP contribution >= 0.6 is 11.3 Å². The molecular formula is C16H19N5S. The summed E-state index contributed by atoms with van der Waals surface area (Å²) >= 11 is 1.69. The van der Waals surface area contributed by atoms with Gasteiger partial charge in [0.2, 0.25) is 4.96 Å². The Balaban J connectivity index is 1.62. The minimum Gasteiger partial charge on any atom is -0.306 e. The van der Waals surface area contributed by atoms with Crippen molar-refractivity contribution in [1.82, 2.24) is 24.7 Å². The van der Waals surface area contributed by atoms with Crippen molar-refractivity contribution in [1.29, 1.82) is 0 Å². The van der Waals surface area contributed by atoms with Gasteiger partial charge in [-0.05, 0) is 32.0 Å². The summed E-state index contributed by atoms with van der Waals surface area (Å²) < 4.78 is 1.93. The molecule has 1 saturated heterocycles. The van der Waals surface area contributed by atoms with E-state index < -0.39 is 0 Å². The minimum atomic E-state index is 0.537. The Kier molecular flexibility index (Phi) is 3.63. The van der Waals surface area contributed by atoms with Gasteiger partial charge >= 0.3 is 0 Å². The molecule has 1 aliphatic heterocycles. The van der Waals surface area contributed by atoms with Crippen molar-refractivity contribution in [3.8, 4) is 0 Å². The third kappa shape index (κ3) is 2.64. The number of piperidine rings is 1. The van der Waals surface area contributed by atoms with E-state index in [2.05, 4.69) is 46.4 Å². The summed E-state index contributed by atoms with van der Waals surface area (Å²) in [6, 6.07) is 10.4. The molecule has 1 aromatic carbocycles. The van der Waals surface area contributed by atoms with Gasteiger partial charge in [0.1, 0.15) is 5.01 Å². The number of benzene rings is 1. The number of fused-ring (bicyclic) bond motifs is 1. The lowest BCUT2D eigenvalue weighted by Gasteiger charge is -2.27. The number of likely N-dealkylation sites (tertiary alicyclic amines) is 1. The molecule has 3 heterocycles. The van der Waals surface area contributed by atoms with Crippen molar-refractivity contribution in [3.63, 3.8) is 0 Å². The first-order chi connectivity index (χ1) is 10.8. The van der Waals surface area contributed by atoms with Crippen LogP contribution in [0.15, 0.2) is 30.3 Å². The van der Waals surface area contributed by atoms with Crippen molar-refractivity contribution < 1.29 is 0 Å². The highest BCUT2D eigenvalue weighted by molar-refractivity contribution is 7.16. The molecule has 3 aromatic rings. The Labute approximate surface area is 133 Å². The average molecular weight is 313 g/mol. The summed E-state index contributed by atoms with van der Waals surface area (Å²) in [6.07, 6.45) is 3.25. The van der Waals surface area contributed by atoms with Gasteiger partial charge < -0.3 is 4.90 Å². The minimum absolute atomic E-state index is 0.537. The van der Waals surface area contributed by atoms with E-state index in [9.17, 15) is 0 Å². The third-order valence-corrected chi connectivity index (χ3v) is 5.31. The molecule has 0 saturated carbocycles. The molecule has 1 aliphatic rings. The summed E-state index contributed by atoms with van der Waals surface area (Å²) in [5, 5.41) is 14.6. The molecule has 1 atom stereocenters. The fraction of sp³-hybridized carbons (Fsp3) is 0.438. The highest BCUT2D eigenvalue weighted by Crippen LogP contribution is 2.29. The van der Waals surface area contributed by atoms with Gasteiger partial charge in [0.05, 0.1) is 0 Å². The van der Waals surface area contributed by atoms with E-state index in [0.717, 1.165) is 23.8 Å². The van der Waals surface area contributed by atoms with Gasteiger partial charge in [0.25, 0.3) is 0 Å². The zero-order chi connectivity index (χ0) is 14.9. The van der Waals surface area contributed by atoms with Crippen LogP contribution in [0.1, 0.15) is 35.2 Å². The van der Waals surface area contributed by atoms with Crippen molar-refractivity contribution in [2.75, 3.05) is 20.1 Å². The highest BCUT2D eigenvalue weighted by Gasteiger charge is 2.23. The van der Waals surface area contributed by atoms with Gasteiger partial charge in [-0.15, -0.1) is 10.2 Å². The Morgan fingerprint density at radius 3 is 2.91 bits per heavy atom. The molecule has 4 rings (SSSR count).